The first kappa shape index (κ1) is 22.7. The Bertz CT molecular complexity index is 585. The van der Waals surface area contributed by atoms with E-state index in [1.807, 2.05) is 0 Å². The van der Waals surface area contributed by atoms with Gasteiger partial charge in [0.05, 0.1) is 0 Å². The van der Waals surface area contributed by atoms with Gasteiger partial charge < -0.3 is 0 Å². The number of halogens is 2. The van der Waals surface area contributed by atoms with Crippen LogP contribution in [0.5, 0.6) is 0 Å². The van der Waals surface area contributed by atoms with E-state index in [-0.39, 0.29) is 20.2 Å². The Balaban J connectivity index is 0.00000242. The van der Waals surface area contributed by atoms with Crippen molar-refractivity contribution < 1.29 is 32.6 Å². The van der Waals surface area contributed by atoms with Crippen LogP contribution in [0.25, 0.3) is 0 Å². The monoisotopic (exact) mass is 400 g/mol. The molecule has 0 aromatic carbocycles. The molecule has 0 heterocycles. The Morgan fingerprint density at radius 2 is 0.783 bits per heavy atom. The first-order chi connectivity index (χ1) is 9.44. The van der Waals surface area contributed by atoms with Crippen molar-refractivity contribution in [2.75, 3.05) is 0 Å². The van der Waals surface area contributed by atoms with E-state index < -0.39 is 23.2 Å². The molecule has 0 saturated heterocycles. The van der Waals surface area contributed by atoms with Gasteiger partial charge in [-0.05, 0) is 0 Å². The molecule has 2 aliphatic rings. The second-order valence-electron chi connectivity index (χ2n) is 7.88. The molecule has 23 heavy (non-hydrogen) atoms. The van der Waals surface area contributed by atoms with Crippen LogP contribution in [0.4, 0.5) is 9.41 Å². The van der Waals surface area contributed by atoms with Crippen molar-refractivity contribution in [2.24, 2.45) is 10.8 Å². The Kier molecular flexibility index (Phi) is 6.82. The van der Waals surface area contributed by atoms with Gasteiger partial charge in [-0.2, -0.15) is 0 Å². The summed E-state index contributed by atoms with van der Waals surface area (Å²) in [6.45, 7) is 23.7. The minimum absolute atomic E-state index is 0. The molecule has 0 N–H and O–H groups in total. The van der Waals surface area contributed by atoms with Crippen LogP contribution in [0.1, 0.15) is 69.2 Å². The van der Waals surface area contributed by atoms with Crippen molar-refractivity contribution in [2.45, 2.75) is 69.2 Å². The summed E-state index contributed by atoms with van der Waals surface area (Å²) in [5.74, 6) is 0. The fourth-order valence-corrected chi connectivity index (χ4v) is 8.73. The van der Waals surface area contributed by atoms with Gasteiger partial charge in [-0.1, -0.05) is 0 Å². The van der Waals surface area contributed by atoms with Gasteiger partial charge in [0.25, 0.3) is 0 Å². The van der Waals surface area contributed by atoms with Crippen LogP contribution >= 0.6 is 0 Å². The molecule has 0 amide bonds. The Labute approximate surface area is 152 Å². The maximum absolute atomic E-state index is 2.43. The van der Waals surface area contributed by atoms with E-state index in [1.165, 1.54) is 0 Å². The molecule has 0 unspecified atom stereocenters. The molecule has 0 bridgehead atoms. The Hall–Kier alpha value is -0.297. The maximum atomic E-state index is 2.43. The number of hydrogen-bond acceptors (Lipinski definition) is 0. The van der Waals surface area contributed by atoms with Crippen molar-refractivity contribution in [1.29, 1.82) is 0 Å². The fourth-order valence-electron chi connectivity index (χ4n) is 3.81. The minimum Gasteiger partial charge on any atom is -0.269 e. The third kappa shape index (κ3) is 3.15. The average molecular weight is 402 g/mol. The molecule has 0 aromatic heterocycles. The summed E-state index contributed by atoms with van der Waals surface area (Å²) in [7, 11) is 0. The summed E-state index contributed by atoms with van der Waals surface area (Å²) < 4.78 is 3.59. The summed E-state index contributed by atoms with van der Waals surface area (Å²) in [4.78, 5) is 0. The van der Waals surface area contributed by atoms with Crippen LogP contribution in [-0.4, -0.2) is 0 Å². The molecule has 2 rings (SSSR count). The van der Waals surface area contributed by atoms with E-state index in [9.17, 15) is 0 Å². The Morgan fingerprint density at radius 1 is 0.522 bits per heavy atom. The van der Waals surface area contributed by atoms with Crippen LogP contribution in [0, 0.1) is 10.8 Å². The van der Waals surface area contributed by atoms with Crippen LogP contribution < -0.4 is 0 Å². The molecule has 0 saturated carbocycles. The molecule has 2 aliphatic carbocycles. The first-order valence-electron chi connectivity index (χ1n) is 8.00. The number of hydrogen-bond donors (Lipinski definition) is 0. The van der Waals surface area contributed by atoms with Gasteiger partial charge in [0.2, 0.25) is 0 Å². The quantitative estimate of drug-likeness (QED) is 0.484. The summed E-state index contributed by atoms with van der Waals surface area (Å²) in [5, 5.41) is 0. The molecule has 0 spiro atoms. The molecule has 3 heteroatoms. The van der Waals surface area contributed by atoms with Gasteiger partial charge in [0.1, 0.15) is 0 Å². The van der Waals surface area contributed by atoms with Crippen LogP contribution in [0.3, 0.4) is 0 Å². The zero-order valence-corrected chi connectivity index (χ0v) is 18.8. The zero-order chi connectivity index (χ0) is 16.3. The molecule has 0 radical (unpaired) electrons. The van der Waals surface area contributed by atoms with Crippen molar-refractivity contribution in [3.05, 3.63) is 40.0 Å². The smallest absolute Gasteiger partial charge is 0.269 e. The average Bonchev–Trinajstić information content (AvgIpc) is 2.63. The predicted octanol–water partition coefficient (Wildman–Crippen LogP) is 6.67. The van der Waals surface area contributed by atoms with E-state index >= 15 is 0 Å². The number of allylic oxidation sites excluding steroid dienone is 8. The standard InChI is InChI=1S/2C10H15.2FH.Zr/c2*1-7-6-10(4,5)9(3)8(7)2;;;/h2*1-5H3;2*1H;. The SMILES string of the molecule is CC1=C(C)C(C)(C)[C]([Zr][C]2=C(C)C(C)=C(C)C2(C)C)=C1C.F.F. The molecule has 0 nitrogen and oxygen atoms in total. The van der Waals surface area contributed by atoms with Gasteiger partial charge in [-0.15, -0.1) is 0 Å². The van der Waals surface area contributed by atoms with Gasteiger partial charge in [0.15, 0.2) is 0 Å². The van der Waals surface area contributed by atoms with E-state index in [0.717, 1.165) is 0 Å². The second kappa shape index (κ2) is 6.91. The van der Waals surface area contributed by atoms with Crippen molar-refractivity contribution in [1.82, 2.24) is 0 Å². The summed E-state index contributed by atoms with van der Waals surface area (Å²) >= 11 is -0.730. The van der Waals surface area contributed by atoms with E-state index in [1.54, 1.807) is 40.0 Å². The first-order valence-corrected chi connectivity index (χ1v) is 10.5. The minimum atomic E-state index is -0.730. The zero-order valence-electron chi connectivity index (χ0n) is 16.3. The summed E-state index contributed by atoms with van der Waals surface area (Å²) in [6.07, 6.45) is 0. The topological polar surface area (TPSA) is 0 Å². The third-order valence-corrected chi connectivity index (χ3v) is 12.5. The van der Waals surface area contributed by atoms with Crippen LogP contribution in [0.2, 0.25) is 0 Å². The molecular weight excluding hydrogens is 369 g/mol. The maximum Gasteiger partial charge on any atom is -0.269 e. The van der Waals surface area contributed by atoms with Crippen molar-refractivity contribution in [3.63, 3.8) is 0 Å². The molecular formula is C20H32F2Zr. The summed E-state index contributed by atoms with van der Waals surface area (Å²) in [6, 6.07) is 0. The largest absolute Gasteiger partial charge is 0.269 e. The Morgan fingerprint density at radius 3 is 0.957 bits per heavy atom. The summed E-state index contributed by atoms with van der Waals surface area (Å²) in [5.41, 5.74) is 10.0. The predicted molar refractivity (Wildman–Crippen MR) is 94.7 cm³/mol. The van der Waals surface area contributed by atoms with E-state index in [2.05, 4.69) is 69.2 Å². The van der Waals surface area contributed by atoms with E-state index in [4.69, 9.17) is 0 Å². The molecule has 0 aliphatic heterocycles. The van der Waals surface area contributed by atoms with Crippen LogP contribution in [0.15, 0.2) is 40.0 Å². The van der Waals surface area contributed by atoms with Crippen LogP contribution in [-0.2, 0) is 23.2 Å². The van der Waals surface area contributed by atoms with Crippen molar-refractivity contribution >= 4 is 0 Å². The molecule has 0 aromatic rings. The van der Waals surface area contributed by atoms with Gasteiger partial charge in [0, 0.05) is 0 Å². The van der Waals surface area contributed by atoms with E-state index in [0.29, 0.717) is 0 Å². The van der Waals surface area contributed by atoms with Gasteiger partial charge in [-0.25, -0.2) is 0 Å². The third-order valence-electron chi connectivity index (χ3n) is 6.38. The van der Waals surface area contributed by atoms with Gasteiger partial charge >= 0.3 is 143 Å². The molecule has 0 fully saturated rings. The fraction of sp³-hybridized carbons (Fsp3) is 0.600. The molecule has 130 valence electrons. The van der Waals surface area contributed by atoms with Gasteiger partial charge in [-0.3, -0.25) is 9.41 Å². The van der Waals surface area contributed by atoms with Crippen molar-refractivity contribution in [3.8, 4) is 0 Å². The number of rotatable bonds is 2. The second-order valence-corrected chi connectivity index (χ2v) is 10.9. The normalized spacial score (nSPS) is 22.5. The molecule has 0 atom stereocenters.